The first-order chi connectivity index (χ1) is 12.2. The molecule has 1 unspecified atom stereocenters. The molecule has 25 heavy (non-hydrogen) atoms. The lowest BCUT2D eigenvalue weighted by atomic mass is 10.1. The molecule has 4 rings (SSSR count). The average molecular weight is 363 g/mol. The van der Waals surface area contributed by atoms with E-state index in [0.29, 0.717) is 38.3 Å². The van der Waals surface area contributed by atoms with Gasteiger partial charge >= 0.3 is 0 Å². The molecule has 0 saturated carbocycles. The fourth-order valence-electron chi connectivity index (χ4n) is 3.29. The number of rotatable bonds is 3. The monoisotopic (exact) mass is 363 g/mol. The smallest absolute Gasteiger partial charge is 0.240 e. The van der Waals surface area contributed by atoms with Gasteiger partial charge in [-0.25, -0.2) is 0 Å². The maximum absolute atomic E-state index is 12.5. The number of carbonyl (C=O) groups excluding carboxylic acids is 2. The van der Waals surface area contributed by atoms with Crippen LogP contribution in [0.5, 0.6) is 11.5 Å². The van der Waals surface area contributed by atoms with Crippen LogP contribution < -0.4 is 14.8 Å². The molecule has 2 amide bonds. The fourth-order valence-corrected chi connectivity index (χ4v) is 4.22. The van der Waals surface area contributed by atoms with Gasteiger partial charge in [0.05, 0.1) is 12.5 Å². The van der Waals surface area contributed by atoms with Crippen LogP contribution in [0.1, 0.15) is 5.56 Å². The van der Waals surface area contributed by atoms with E-state index in [2.05, 4.69) is 5.32 Å². The van der Waals surface area contributed by atoms with Crippen molar-refractivity contribution < 1.29 is 19.1 Å². The number of hydrogen-bond donors (Lipinski definition) is 1. The lowest BCUT2D eigenvalue weighted by molar-refractivity contribution is -0.140. The average Bonchev–Trinajstić information content (AvgIpc) is 3.32. The van der Waals surface area contributed by atoms with Crippen LogP contribution in [0.2, 0.25) is 0 Å². The van der Waals surface area contributed by atoms with Gasteiger partial charge in [-0.05, 0) is 17.7 Å². The number of carbonyl (C=O) groups is 2. The van der Waals surface area contributed by atoms with Crippen LogP contribution in [0.25, 0.3) is 0 Å². The van der Waals surface area contributed by atoms with Gasteiger partial charge in [0.2, 0.25) is 18.6 Å². The third-order valence-corrected chi connectivity index (χ3v) is 5.69. The van der Waals surface area contributed by atoms with E-state index in [-0.39, 0.29) is 24.6 Å². The van der Waals surface area contributed by atoms with E-state index in [1.807, 2.05) is 28.0 Å². The quantitative estimate of drug-likeness (QED) is 0.833. The Labute approximate surface area is 150 Å². The van der Waals surface area contributed by atoms with Gasteiger partial charge < -0.3 is 19.3 Å². The Morgan fingerprint density at radius 2 is 1.88 bits per heavy atom. The standard InChI is InChI=1S/C17H21N3O4S/c21-16(8-12-1-2-14-15(7-12)24-11-23-14)19-3-5-20(6-4-19)17(22)13-9-25-10-18-13/h1-2,7,13,18H,3-6,8-11H2. The zero-order chi connectivity index (χ0) is 17.2. The van der Waals surface area contributed by atoms with Gasteiger partial charge in [0.1, 0.15) is 0 Å². The normalized spacial score (nSPS) is 22.3. The highest BCUT2D eigenvalue weighted by atomic mass is 32.2. The van der Waals surface area contributed by atoms with E-state index in [1.165, 1.54) is 0 Å². The number of nitrogens with zero attached hydrogens (tertiary/aromatic N) is 2. The molecular formula is C17H21N3O4S. The minimum atomic E-state index is -0.0686. The zero-order valence-electron chi connectivity index (χ0n) is 13.9. The third kappa shape index (κ3) is 3.55. The minimum Gasteiger partial charge on any atom is -0.454 e. The summed E-state index contributed by atoms with van der Waals surface area (Å²) in [5.41, 5.74) is 0.917. The van der Waals surface area contributed by atoms with Crippen LogP contribution in [-0.2, 0) is 16.0 Å². The summed E-state index contributed by atoms with van der Waals surface area (Å²) in [4.78, 5) is 28.6. The predicted molar refractivity (Wildman–Crippen MR) is 93.7 cm³/mol. The van der Waals surface area contributed by atoms with Crippen LogP contribution in [-0.4, -0.2) is 72.3 Å². The number of benzene rings is 1. The van der Waals surface area contributed by atoms with Crippen molar-refractivity contribution in [2.24, 2.45) is 0 Å². The Balaban J connectivity index is 1.30. The minimum absolute atomic E-state index is 0.0686. The van der Waals surface area contributed by atoms with E-state index >= 15 is 0 Å². The SMILES string of the molecule is O=C(Cc1ccc2c(c1)OCO2)N1CCN(C(=O)C2CSCN2)CC1. The van der Waals surface area contributed by atoms with Crippen molar-refractivity contribution in [1.82, 2.24) is 15.1 Å². The van der Waals surface area contributed by atoms with Gasteiger partial charge in [-0.3, -0.25) is 14.9 Å². The maximum Gasteiger partial charge on any atom is 0.240 e. The summed E-state index contributed by atoms with van der Waals surface area (Å²) < 4.78 is 10.6. The zero-order valence-corrected chi connectivity index (χ0v) is 14.7. The highest BCUT2D eigenvalue weighted by molar-refractivity contribution is 7.99. The number of fused-ring (bicyclic) bond motifs is 1. The number of nitrogens with one attached hydrogen (secondary N) is 1. The van der Waals surface area contributed by atoms with E-state index in [1.54, 1.807) is 11.8 Å². The Hall–Kier alpha value is -1.93. The second-order valence-corrected chi connectivity index (χ2v) is 7.37. The first-order valence-electron chi connectivity index (χ1n) is 8.47. The van der Waals surface area contributed by atoms with E-state index in [0.717, 1.165) is 22.9 Å². The number of hydrogen-bond acceptors (Lipinski definition) is 6. The lowest BCUT2D eigenvalue weighted by Gasteiger charge is -2.36. The molecule has 1 atom stereocenters. The van der Waals surface area contributed by atoms with Crippen LogP contribution in [0.4, 0.5) is 0 Å². The van der Waals surface area contributed by atoms with Gasteiger partial charge in [0, 0.05) is 37.8 Å². The summed E-state index contributed by atoms with van der Waals surface area (Å²) in [6, 6.07) is 5.53. The topological polar surface area (TPSA) is 71.1 Å². The molecule has 0 aliphatic carbocycles. The van der Waals surface area contributed by atoms with E-state index in [4.69, 9.17) is 9.47 Å². The Morgan fingerprint density at radius 3 is 2.64 bits per heavy atom. The molecule has 1 aromatic rings. The molecule has 0 radical (unpaired) electrons. The fraction of sp³-hybridized carbons (Fsp3) is 0.529. The molecule has 7 nitrogen and oxygen atoms in total. The van der Waals surface area contributed by atoms with Crippen molar-refractivity contribution >= 4 is 23.6 Å². The van der Waals surface area contributed by atoms with Gasteiger partial charge in [0.15, 0.2) is 11.5 Å². The van der Waals surface area contributed by atoms with Gasteiger partial charge in [-0.1, -0.05) is 6.07 Å². The summed E-state index contributed by atoms with van der Waals surface area (Å²) >= 11 is 1.75. The number of thioether (sulfide) groups is 1. The van der Waals surface area contributed by atoms with Gasteiger partial charge in [0.25, 0.3) is 0 Å². The molecule has 0 bridgehead atoms. The molecule has 1 N–H and O–H groups in total. The second kappa shape index (κ2) is 7.13. The van der Waals surface area contributed by atoms with Crippen molar-refractivity contribution in [3.05, 3.63) is 23.8 Å². The molecule has 0 spiro atoms. The summed E-state index contributed by atoms with van der Waals surface area (Å²) in [6.45, 7) is 2.63. The maximum atomic E-state index is 12.5. The third-order valence-electron chi connectivity index (χ3n) is 4.75. The molecule has 0 aromatic heterocycles. The highest BCUT2D eigenvalue weighted by Crippen LogP contribution is 2.32. The molecule has 3 heterocycles. The number of amides is 2. The van der Waals surface area contributed by atoms with Crippen LogP contribution in [0, 0.1) is 0 Å². The van der Waals surface area contributed by atoms with Crippen LogP contribution in [0.3, 0.4) is 0 Å². The molecule has 3 aliphatic heterocycles. The van der Waals surface area contributed by atoms with Gasteiger partial charge in [-0.15, -0.1) is 11.8 Å². The van der Waals surface area contributed by atoms with Crippen molar-refractivity contribution in [3.8, 4) is 11.5 Å². The largest absolute Gasteiger partial charge is 0.454 e. The first-order valence-corrected chi connectivity index (χ1v) is 9.62. The molecule has 2 fully saturated rings. The Bertz CT molecular complexity index is 670. The molecule has 2 saturated heterocycles. The summed E-state index contributed by atoms with van der Waals surface area (Å²) in [6.07, 6.45) is 0.339. The molecule has 1 aromatic carbocycles. The summed E-state index contributed by atoms with van der Waals surface area (Å²) in [5, 5.41) is 3.21. The van der Waals surface area contributed by atoms with Crippen molar-refractivity contribution in [2.75, 3.05) is 44.6 Å². The number of piperazine rings is 1. The van der Waals surface area contributed by atoms with Crippen molar-refractivity contribution in [1.29, 1.82) is 0 Å². The molecule has 3 aliphatic rings. The summed E-state index contributed by atoms with van der Waals surface area (Å²) in [7, 11) is 0. The predicted octanol–water partition coefficient (Wildman–Crippen LogP) is 0.291. The second-order valence-electron chi connectivity index (χ2n) is 6.34. The van der Waals surface area contributed by atoms with Crippen molar-refractivity contribution in [3.63, 3.8) is 0 Å². The Morgan fingerprint density at radius 1 is 1.12 bits per heavy atom. The highest BCUT2D eigenvalue weighted by Gasteiger charge is 2.30. The van der Waals surface area contributed by atoms with Crippen LogP contribution >= 0.6 is 11.8 Å². The number of ether oxygens (including phenoxy) is 2. The molecule has 134 valence electrons. The Kier molecular flexibility index (Phi) is 4.72. The van der Waals surface area contributed by atoms with E-state index in [9.17, 15) is 9.59 Å². The van der Waals surface area contributed by atoms with Crippen LogP contribution in [0.15, 0.2) is 18.2 Å². The molecular weight excluding hydrogens is 342 g/mol. The lowest BCUT2D eigenvalue weighted by Crippen LogP contribution is -2.54. The summed E-state index contributed by atoms with van der Waals surface area (Å²) in [5.74, 6) is 3.34. The van der Waals surface area contributed by atoms with E-state index < -0.39 is 0 Å². The first kappa shape index (κ1) is 16.5. The van der Waals surface area contributed by atoms with Gasteiger partial charge in [-0.2, -0.15) is 0 Å². The molecule has 8 heteroatoms. The van der Waals surface area contributed by atoms with Crippen molar-refractivity contribution in [2.45, 2.75) is 12.5 Å².